The quantitative estimate of drug-likeness (QED) is 0.473. The molecule has 0 aliphatic heterocycles. The van der Waals surface area contributed by atoms with Gasteiger partial charge in [0.1, 0.15) is 11.5 Å². The van der Waals surface area contributed by atoms with Crippen molar-refractivity contribution in [2.75, 3.05) is 45.8 Å². The summed E-state index contributed by atoms with van der Waals surface area (Å²) in [6.45, 7) is 4.03. The second-order valence-electron chi connectivity index (χ2n) is 6.90. The number of halogens is 1. The predicted octanol–water partition coefficient (Wildman–Crippen LogP) is 4.72. The van der Waals surface area contributed by atoms with Crippen LogP contribution in [0.3, 0.4) is 0 Å². The zero-order chi connectivity index (χ0) is 20.8. The molecule has 0 saturated heterocycles. The number of methoxy groups -OCH3 is 1. The van der Waals surface area contributed by atoms with Crippen LogP contribution in [0.1, 0.15) is 23.7 Å². The maximum Gasteiger partial charge on any atom is 0.260 e. The van der Waals surface area contributed by atoms with Gasteiger partial charge in [0.15, 0.2) is 5.13 Å². The molecule has 0 bridgehead atoms. The van der Waals surface area contributed by atoms with E-state index < -0.39 is 0 Å². The van der Waals surface area contributed by atoms with Gasteiger partial charge in [-0.2, -0.15) is 0 Å². The number of anilines is 1. The largest absolute Gasteiger partial charge is 0.497 e. The van der Waals surface area contributed by atoms with Crippen LogP contribution in [0.4, 0.5) is 5.13 Å². The number of aromatic nitrogens is 1. The van der Waals surface area contributed by atoms with Crippen molar-refractivity contribution in [1.82, 2.24) is 9.88 Å². The van der Waals surface area contributed by atoms with Gasteiger partial charge >= 0.3 is 0 Å². The van der Waals surface area contributed by atoms with E-state index in [0.29, 0.717) is 23.8 Å². The number of ether oxygens (including phenoxy) is 2. The van der Waals surface area contributed by atoms with E-state index in [-0.39, 0.29) is 18.3 Å². The Kier molecular flexibility index (Phi) is 8.89. The third kappa shape index (κ3) is 5.84. The van der Waals surface area contributed by atoms with Gasteiger partial charge in [-0.3, -0.25) is 9.69 Å². The first-order chi connectivity index (χ1) is 14.0. The normalized spacial score (nSPS) is 10.7. The topological polar surface area (TPSA) is 54.9 Å². The van der Waals surface area contributed by atoms with Crippen molar-refractivity contribution in [3.8, 4) is 11.5 Å². The highest BCUT2D eigenvalue weighted by molar-refractivity contribution is 7.22. The molecule has 6 nitrogen and oxygen atoms in total. The summed E-state index contributed by atoms with van der Waals surface area (Å²) in [6, 6.07) is 13.1. The average molecular weight is 450 g/mol. The van der Waals surface area contributed by atoms with Crippen molar-refractivity contribution in [1.29, 1.82) is 0 Å². The van der Waals surface area contributed by atoms with E-state index in [9.17, 15) is 4.79 Å². The summed E-state index contributed by atoms with van der Waals surface area (Å²) in [5.41, 5.74) is 1.46. The van der Waals surface area contributed by atoms with E-state index in [1.807, 2.05) is 63.5 Å². The van der Waals surface area contributed by atoms with E-state index >= 15 is 0 Å². The molecule has 0 N–H and O–H groups in total. The SMILES string of the molecule is CCOc1ccc(C(=O)N(CCCN(C)C)c2nc3cc(OC)ccc3s2)cc1.Cl. The van der Waals surface area contributed by atoms with Crippen LogP contribution in [0.25, 0.3) is 10.2 Å². The molecule has 0 spiro atoms. The Balaban J connectivity index is 0.00000320. The van der Waals surface area contributed by atoms with Crippen molar-refractivity contribution in [3.63, 3.8) is 0 Å². The predicted molar refractivity (Wildman–Crippen MR) is 126 cm³/mol. The summed E-state index contributed by atoms with van der Waals surface area (Å²) in [6.07, 6.45) is 0.856. The fourth-order valence-electron chi connectivity index (χ4n) is 2.98. The molecule has 0 aliphatic rings. The van der Waals surface area contributed by atoms with Crippen molar-refractivity contribution in [2.24, 2.45) is 0 Å². The van der Waals surface area contributed by atoms with Crippen LogP contribution in [0.2, 0.25) is 0 Å². The molecule has 30 heavy (non-hydrogen) atoms. The van der Waals surface area contributed by atoms with Crippen molar-refractivity contribution >= 4 is 45.0 Å². The number of thiazole rings is 1. The number of benzene rings is 2. The first-order valence-electron chi connectivity index (χ1n) is 9.66. The summed E-state index contributed by atoms with van der Waals surface area (Å²) in [5.74, 6) is 1.46. The van der Waals surface area contributed by atoms with Gasteiger partial charge in [-0.15, -0.1) is 12.4 Å². The van der Waals surface area contributed by atoms with Crippen molar-refractivity contribution in [3.05, 3.63) is 48.0 Å². The van der Waals surface area contributed by atoms with Gasteiger partial charge in [-0.25, -0.2) is 4.98 Å². The highest BCUT2D eigenvalue weighted by atomic mass is 35.5. The van der Waals surface area contributed by atoms with Gasteiger partial charge in [-0.1, -0.05) is 11.3 Å². The third-order valence-corrected chi connectivity index (χ3v) is 5.52. The van der Waals surface area contributed by atoms with Gasteiger partial charge in [0, 0.05) is 18.2 Å². The summed E-state index contributed by atoms with van der Waals surface area (Å²) < 4.78 is 11.8. The first kappa shape index (κ1) is 23.9. The number of carbonyl (C=O) groups is 1. The Bertz CT molecular complexity index is 960. The Morgan fingerprint density at radius 1 is 1.07 bits per heavy atom. The van der Waals surface area contributed by atoms with Crippen molar-refractivity contribution in [2.45, 2.75) is 13.3 Å². The highest BCUT2D eigenvalue weighted by Crippen LogP contribution is 2.32. The monoisotopic (exact) mass is 449 g/mol. The Hall–Kier alpha value is -2.35. The maximum absolute atomic E-state index is 13.3. The van der Waals surface area contributed by atoms with E-state index in [4.69, 9.17) is 14.5 Å². The number of carbonyl (C=O) groups excluding carboxylic acids is 1. The molecule has 3 aromatic rings. The Labute approximate surface area is 187 Å². The molecule has 162 valence electrons. The molecule has 3 rings (SSSR count). The summed E-state index contributed by atoms with van der Waals surface area (Å²) in [4.78, 5) is 21.9. The summed E-state index contributed by atoms with van der Waals surface area (Å²) >= 11 is 1.52. The number of nitrogens with zero attached hydrogens (tertiary/aromatic N) is 3. The fourth-order valence-corrected chi connectivity index (χ4v) is 3.95. The van der Waals surface area contributed by atoms with Gasteiger partial charge in [0.25, 0.3) is 5.91 Å². The molecular formula is C22H28ClN3O3S. The molecule has 0 fully saturated rings. The number of hydrogen-bond donors (Lipinski definition) is 0. The molecular weight excluding hydrogens is 422 g/mol. The van der Waals surface area contributed by atoms with Crippen molar-refractivity contribution < 1.29 is 14.3 Å². The van der Waals surface area contributed by atoms with E-state index in [2.05, 4.69) is 4.90 Å². The molecule has 1 heterocycles. The average Bonchev–Trinajstić information content (AvgIpc) is 3.14. The standard InChI is InChI=1S/C22H27N3O3S.ClH/c1-5-28-17-9-7-16(8-10-17)21(26)25(14-6-13-24(2)3)22-23-19-15-18(27-4)11-12-20(19)29-22;/h7-12,15H,5-6,13-14H2,1-4H3;1H. The number of hydrogen-bond acceptors (Lipinski definition) is 6. The molecule has 8 heteroatoms. The number of amides is 1. The van der Waals surface area contributed by atoms with Gasteiger partial charge in [-0.05, 0) is 70.4 Å². The van der Waals surface area contributed by atoms with Crippen LogP contribution in [0.15, 0.2) is 42.5 Å². The maximum atomic E-state index is 13.3. The lowest BCUT2D eigenvalue weighted by Crippen LogP contribution is -2.33. The molecule has 1 amide bonds. The van der Waals surface area contributed by atoms with Crippen LogP contribution < -0.4 is 14.4 Å². The van der Waals surface area contributed by atoms with Gasteiger partial charge in [0.2, 0.25) is 0 Å². The smallest absolute Gasteiger partial charge is 0.260 e. The lowest BCUT2D eigenvalue weighted by molar-refractivity contribution is 0.0986. The zero-order valence-electron chi connectivity index (χ0n) is 17.8. The van der Waals surface area contributed by atoms with E-state index in [1.165, 1.54) is 11.3 Å². The van der Waals surface area contributed by atoms with E-state index in [0.717, 1.165) is 34.7 Å². The number of rotatable bonds is 9. The van der Waals surface area contributed by atoms with Gasteiger partial charge < -0.3 is 14.4 Å². The van der Waals surface area contributed by atoms with E-state index in [1.54, 1.807) is 12.0 Å². The van der Waals surface area contributed by atoms with Crippen LogP contribution >= 0.6 is 23.7 Å². The Morgan fingerprint density at radius 3 is 2.40 bits per heavy atom. The number of fused-ring (bicyclic) bond motifs is 1. The molecule has 1 aromatic heterocycles. The first-order valence-corrected chi connectivity index (χ1v) is 10.5. The molecule has 0 radical (unpaired) electrons. The minimum Gasteiger partial charge on any atom is -0.497 e. The second-order valence-corrected chi connectivity index (χ2v) is 7.91. The second kappa shape index (κ2) is 11.2. The third-order valence-electron chi connectivity index (χ3n) is 4.46. The fraction of sp³-hybridized carbons (Fsp3) is 0.364. The zero-order valence-corrected chi connectivity index (χ0v) is 19.4. The Morgan fingerprint density at radius 2 is 1.77 bits per heavy atom. The summed E-state index contributed by atoms with van der Waals surface area (Å²) in [7, 11) is 5.70. The van der Waals surface area contributed by atoms with Crippen LogP contribution in [-0.4, -0.2) is 56.7 Å². The molecule has 2 aromatic carbocycles. The van der Waals surface area contributed by atoms with Crippen LogP contribution in [0, 0.1) is 0 Å². The molecule has 0 unspecified atom stereocenters. The minimum absolute atomic E-state index is 0. The lowest BCUT2D eigenvalue weighted by Gasteiger charge is -2.21. The lowest BCUT2D eigenvalue weighted by atomic mass is 10.2. The molecule has 0 atom stereocenters. The minimum atomic E-state index is -0.0576. The summed E-state index contributed by atoms with van der Waals surface area (Å²) in [5, 5.41) is 0.700. The van der Waals surface area contributed by atoms with Crippen LogP contribution in [-0.2, 0) is 0 Å². The highest BCUT2D eigenvalue weighted by Gasteiger charge is 2.21. The molecule has 0 saturated carbocycles. The van der Waals surface area contributed by atoms with Gasteiger partial charge in [0.05, 0.1) is 23.9 Å². The molecule has 0 aliphatic carbocycles. The van der Waals surface area contributed by atoms with Crippen LogP contribution in [0.5, 0.6) is 11.5 Å².